The Morgan fingerprint density at radius 1 is 1.43 bits per heavy atom. The number of carbonyl (C=O) groups is 2. The van der Waals surface area contributed by atoms with E-state index in [9.17, 15) is 9.59 Å². The van der Waals surface area contributed by atoms with Gasteiger partial charge in [0.25, 0.3) is 0 Å². The number of amides is 1. The summed E-state index contributed by atoms with van der Waals surface area (Å²) in [6.45, 7) is 2.63. The highest BCUT2D eigenvalue weighted by atomic mass is 16.4. The maximum Gasteiger partial charge on any atom is 0.317 e. The molecule has 1 aromatic rings. The zero-order chi connectivity index (χ0) is 15.1. The molecule has 1 atom stereocenters. The highest BCUT2D eigenvalue weighted by molar-refractivity contribution is 5.76. The Labute approximate surface area is 123 Å². The van der Waals surface area contributed by atoms with Crippen LogP contribution in [-0.2, 0) is 16.1 Å². The van der Waals surface area contributed by atoms with E-state index >= 15 is 0 Å². The Bertz CT molecular complexity index is 462. The van der Waals surface area contributed by atoms with Gasteiger partial charge in [-0.05, 0) is 18.8 Å². The van der Waals surface area contributed by atoms with Crippen molar-refractivity contribution in [2.45, 2.75) is 25.8 Å². The van der Waals surface area contributed by atoms with E-state index in [0.29, 0.717) is 32.0 Å². The number of aryl methyl sites for hydroxylation is 1. The zero-order valence-electron chi connectivity index (χ0n) is 11.9. The Morgan fingerprint density at radius 2 is 2.29 bits per heavy atom. The van der Waals surface area contributed by atoms with Crippen molar-refractivity contribution in [1.82, 2.24) is 25.0 Å². The number of aromatic nitrogens is 3. The molecule has 1 fully saturated rings. The van der Waals surface area contributed by atoms with E-state index in [-0.39, 0.29) is 12.5 Å². The lowest BCUT2D eigenvalue weighted by Gasteiger charge is -2.33. The first-order valence-corrected chi connectivity index (χ1v) is 7.18. The van der Waals surface area contributed by atoms with E-state index in [4.69, 9.17) is 5.11 Å². The van der Waals surface area contributed by atoms with Gasteiger partial charge in [0.15, 0.2) is 0 Å². The van der Waals surface area contributed by atoms with Gasteiger partial charge in [0, 0.05) is 26.1 Å². The van der Waals surface area contributed by atoms with Crippen LogP contribution in [0.1, 0.15) is 19.3 Å². The number of carbonyl (C=O) groups excluding carboxylic acids is 1. The van der Waals surface area contributed by atoms with Gasteiger partial charge in [-0.1, -0.05) is 0 Å². The van der Waals surface area contributed by atoms with Gasteiger partial charge in [-0.3, -0.25) is 14.3 Å². The summed E-state index contributed by atoms with van der Waals surface area (Å²) in [7, 11) is 0. The first-order valence-electron chi connectivity index (χ1n) is 7.18. The molecular formula is C13H21N5O3. The summed E-state index contributed by atoms with van der Waals surface area (Å²) in [6.07, 6.45) is 5.46. The molecule has 1 aliphatic rings. The van der Waals surface area contributed by atoms with Gasteiger partial charge >= 0.3 is 5.97 Å². The van der Waals surface area contributed by atoms with Crippen molar-refractivity contribution in [3.63, 3.8) is 0 Å². The number of nitrogens with zero attached hydrogens (tertiary/aromatic N) is 4. The summed E-state index contributed by atoms with van der Waals surface area (Å²) in [6, 6.07) is 0. The molecule has 1 saturated heterocycles. The van der Waals surface area contributed by atoms with Crippen molar-refractivity contribution in [2.75, 3.05) is 26.2 Å². The largest absolute Gasteiger partial charge is 0.480 e. The minimum absolute atomic E-state index is 0.0310. The molecule has 8 heteroatoms. The summed E-state index contributed by atoms with van der Waals surface area (Å²) < 4.78 is 1.65. The number of hydrogen-bond donors (Lipinski definition) is 2. The maximum absolute atomic E-state index is 12.2. The highest BCUT2D eigenvalue weighted by Gasteiger charge is 2.23. The van der Waals surface area contributed by atoms with E-state index in [1.54, 1.807) is 11.0 Å². The smallest absolute Gasteiger partial charge is 0.317 e. The fourth-order valence-corrected chi connectivity index (χ4v) is 2.56. The van der Waals surface area contributed by atoms with Crippen molar-refractivity contribution in [3.05, 3.63) is 12.7 Å². The van der Waals surface area contributed by atoms with Gasteiger partial charge in [0.2, 0.25) is 5.91 Å². The van der Waals surface area contributed by atoms with Crippen LogP contribution in [0.15, 0.2) is 12.7 Å². The number of hydrogen-bond acceptors (Lipinski definition) is 5. The molecule has 0 spiro atoms. The molecule has 0 bridgehead atoms. The lowest BCUT2D eigenvalue weighted by atomic mass is 9.97. The number of likely N-dealkylation sites (tertiary alicyclic amines) is 1. The molecular weight excluding hydrogens is 274 g/mol. The molecule has 0 saturated carbocycles. The quantitative estimate of drug-likeness (QED) is 0.708. The van der Waals surface area contributed by atoms with Crippen LogP contribution in [-0.4, -0.2) is 62.8 Å². The monoisotopic (exact) mass is 295 g/mol. The number of carboxylic acids is 1. The molecule has 21 heavy (non-hydrogen) atoms. The molecule has 2 N–H and O–H groups in total. The third kappa shape index (κ3) is 5.14. The number of piperidine rings is 1. The number of aliphatic carboxylic acids is 1. The van der Waals surface area contributed by atoms with E-state index < -0.39 is 5.97 Å². The fourth-order valence-electron chi connectivity index (χ4n) is 2.56. The average Bonchev–Trinajstić information content (AvgIpc) is 2.98. The summed E-state index contributed by atoms with van der Waals surface area (Å²) in [5, 5.41) is 15.5. The van der Waals surface area contributed by atoms with Crippen LogP contribution in [0.4, 0.5) is 0 Å². The molecule has 1 unspecified atom stereocenters. The normalized spacial score (nSPS) is 18.7. The van der Waals surface area contributed by atoms with Gasteiger partial charge in [-0.25, -0.2) is 4.98 Å². The molecule has 0 aliphatic carbocycles. The highest BCUT2D eigenvalue weighted by Crippen LogP contribution is 2.16. The summed E-state index contributed by atoms with van der Waals surface area (Å²) in [4.78, 5) is 28.4. The molecule has 1 aliphatic heterocycles. The Kier molecular flexibility index (Phi) is 5.68. The van der Waals surface area contributed by atoms with Crippen LogP contribution in [0.3, 0.4) is 0 Å². The van der Waals surface area contributed by atoms with Gasteiger partial charge in [-0.2, -0.15) is 5.10 Å². The average molecular weight is 295 g/mol. The standard InChI is InChI=1S/C13H21N5O3/c19-12(3-5-18-10-15-9-16-18)17-4-1-2-11(8-17)6-14-7-13(20)21/h9-11,14H,1-8H2,(H,20,21). The maximum atomic E-state index is 12.2. The van der Waals surface area contributed by atoms with Crippen molar-refractivity contribution >= 4 is 11.9 Å². The minimum atomic E-state index is -0.855. The Morgan fingerprint density at radius 3 is 3.00 bits per heavy atom. The fraction of sp³-hybridized carbons (Fsp3) is 0.692. The topological polar surface area (TPSA) is 100 Å². The van der Waals surface area contributed by atoms with E-state index in [2.05, 4.69) is 15.4 Å². The summed E-state index contributed by atoms with van der Waals surface area (Å²) >= 11 is 0. The van der Waals surface area contributed by atoms with Crippen LogP contribution in [0.5, 0.6) is 0 Å². The van der Waals surface area contributed by atoms with Gasteiger partial charge in [0.1, 0.15) is 12.7 Å². The molecule has 1 aromatic heterocycles. The molecule has 2 heterocycles. The zero-order valence-corrected chi connectivity index (χ0v) is 11.9. The molecule has 8 nitrogen and oxygen atoms in total. The van der Waals surface area contributed by atoms with Gasteiger partial charge in [0.05, 0.1) is 13.1 Å². The predicted octanol–water partition coefficient (Wildman–Crippen LogP) is -0.419. The van der Waals surface area contributed by atoms with Crippen LogP contribution in [0, 0.1) is 5.92 Å². The number of rotatable bonds is 7. The first-order chi connectivity index (χ1) is 10.1. The van der Waals surface area contributed by atoms with Crippen LogP contribution in [0.2, 0.25) is 0 Å². The van der Waals surface area contributed by atoms with Gasteiger partial charge in [-0.15, -0.1) is 0 Å². The first kappa shape index (κ1) is 15.4. The SMILES string of the molecule is O=C(O)CNCC1CCCN(C(=O)CCn2cncn2)C1. The Balaban J connectivity index is 1.72. The lowest BCUT2D eigenvalue weighted by molar-refractivity contribution is -0.136. The van der Waals surface area contributed by atoms with Crippen LogP contribution < -0.4 is 5.32 Å². The summed E-state index contributed by atoms with van der Waals surface area (Å²) in [5.74, 6) is -0.409. The molecule has 2 rings (SSSR count). The number of carboxylic acid groups (broad SMARTS) is 1. The number of nitrogens with one attached hydrogen (secondary N) is 1. The second-order valence-electron chi connectivity index (χ2n) is 5.28. The van der Waals surface area contributed by atoms with Crippen LogP contribution in [0.25, 0.3) is 0 Å². The third-order valence-electron chi connectivity index (χ3n) is 3.60. The molecule has 1 amide bonds. The van der Waals surface area contributed by atoms with E-state index in [0.717, 1.165) is 19.4 Å². The molecule has 0 aromatic carbocycles. The van der Waals surface area contributed by atoms with Gasteiger partial charge < -0.3 is 15.3 Å². The third-order valence-corrected chi connectivity index (χ3v) is 3.60. The summed E-state index contributed by atoms with van der Waals surface area (Å²) in [5.41, 5.74) is 0. The second-order valence-corrected chi connectivity index (χ2v) is 5.28. The van der Waals surface area contributed by atoms with Crippen molar-refractivity contribution in [1.29, 1.82) is 0 Å². The predicted molar refractivity (Wildman–Crippen MR) is 74.4 cm³/mol. The molecule has 116 valence electrons. The van der Waals surface area contributed by atoms with Crippen molar-refractivity contribution in [2.24, 2.45) is 5.92 Å². The van der Waals surface area contributed by atoms with E-state index in [1.807, 2.05) is 4.90 Å². The van der Waals surface area contributed by atoms with Crippen LogP contribution >= 0.6 is 0 Å². The Hall–Kier alpha value is -1.96. The molecule has 0 radical (unpaired) electrons. The van der Waals surface area contributed by atoms with E-state index in [1.165, 1.54) is 6.33 Å². The van der Waals surface area contributed by atoms with Crippen molar-refractivity contribution in [3.8, 4) is 0 Å². The minimum Gasteiger partial charge on any atom is -0.480 e. The lowest BCUT2D eigenvalue weighted by Crippen LogP contribution is -2.43. The second kappa shape index (κ2) is 7.72. The van der Waals surface area contributed by atoms with Crippen molar-refractivity contribution < 1.29 is 14.7 Å².